The van der Waals surface area contributed by atoms with E-state index in [0.29, 0.717) is 31.7 Å². The van der Waals surface area contributed by atoms with Gasteiger partial charge in [0.1, 0.15) is 0 Å². The molecule has 0 aliphatic carbocycles. The van der Waals surface area contributed by atoms with E-state index in [4.69, 9.17) is 10.8 Å². The van der Waals surface area contributed by atoms with Crippen molar-refractivity contribution in [3.63, 3.8) is 0 Å². The first kappa shape index (κ1) is 12.4. The monoisotopic (exact) mass is 249 g/mol. The van der Waals surface area contributed by atoms with Gasteiger partial charge in [0, 0.05) is 26.1 Å². The molecule has 96 valence electrons. The molecule has 1 aromatic rings. The summed E-state index contributed by atoms with van der Waals surface area (Å²) in [5.74, 6) is -1.13. The van der Waals surface area contributed by atoms with Crippen LogP contribution in [0, 0.1) is 0 Å². The Morgan fingerprint density at radius 1 is 1.50 bits per heavy atom. The second kappa shape index (κ2) is 5.05. The third kappa shape index (κ3) is 2.43. The lowest BCUT2D eigenvalue weighted by Gasteiger charge is -2.23. The number of nitrogens with one attached hydrogen (secondary N) is 1. The maximum absolute atomic E-state index is 11.6. The number of hydrogen-bond donors (Lipinski definition) is 3. The van der Waals surface area contributed by atoms with Gasteiger partial charge in [-0.3, -0.25) is 4.79 Å². The van der Waals surface area contributed by atoms with Crippen LogP contribution in [-0.4, -0.2) is 36.6 Å². The molecule has 0 fully saturated rings. The average molecular weight is 249 g/mol. The number of fused-ring (bicyclic) bond motifs is 1. The molecule has 6 nitrogen and oxygen atoms in total. The molecule has 4 N–H and O–H groups in total. The van der Waals surface area contributed by atoms with Gasteiger partial charge in [0.25, 0.3) is 0 Å². The van der Waals surface area contributed by atoms with E-state index in [-0.39, 0.29) is 11.5 Å². The highest BCUT2D eigenvalue weighted by Crippen LogP contribution is 2.29. The van der Waals surface area contributed by atoms with Crippen molar-refractivity contribution in [3.8, 4) is 0 Å². The Hall–Kier alpha value is -2.08. The number of hydrogen-bond acceptors (Lipinski definition) is 4. The number of benzene rings is 1. The molecule has 1 aliphatic heterocycles. The Morgan fingerprint density at radius 3 is 2.94 bits per heavy atom. The van der Waals surface area contributed by atoms with Crippen LogP contribution in [0.15, 0.2) is 18.2 Å². The summed E-state index contributed by atoms with van der Waals surface area (Å²) in [6, 6.07) is 4.71. The zero-order valence-corrected chi connectivity index (χ0v) is 9.85. The lowest BCUT2D eigenvalue weighted by molar-refractivity contribution is -0.115. The number of carbonyl (C=O) groups excluding carboxylic acids is 1. The van der Waals surface area contributed by atoms with Crippen molar-refractivity contribution >= 4 is 23.3 Å². The summed E-state index contributed by atoms with van der Waals surface area (Å²) in [7, 11) is 0. The number of rotatable bonds is 3. The predicted molar refractivity (Wildman–Crippen MR) is 67.9 cm³/mol. The standard InChI is InChI=1S/C12H15N3O3/c13-4-6-15-5-3-11(16)14-9-7-8(12(17)18)1-2-10(9)15/h1-2,7H,3-6,13H2,(H,14,16)(H,17,18). The average Bonchev–Trinajstić information content (AvgIpc) is 2.48. The lowest BCUT2D eigenvalue weighted by atomic mass is 10.1. The van der Waals surface area contributed by atoms with Crippen molar-refractivity contribution in [2.24, 2.45) is 5.73 Å². The van der Waals surface area contributed by atoms with Gasteiger partial charge in [-0.15, -0.1) is 0 Å². The van der Waals surface area contributed by atoms with Crippen molar-refractivity contribution in [2.75, 3.05) is 29.9 Å². The highest BCUT2D eigenvalue weighted by molar-refractivity contribution is 5.99. The fourth-order valence-electron chi connectivity index (χ4n) is 2.00. The van der Waals surface area contributed by atoms with Gasteiger partial charge in [0.2, 0.25) is 5.91 Å². The summed E-state index contributed by atoms with van der Waals surface area (Å²) in [6.45, 7) is 1.70. The molecule has 1 aliphatic rings. The molecule has 0 saturated heterocycles. The normalized spacial score (nSPS) is 14.7. The molecule has 0 bridgehead atoms. The molecule has 6 heteroatoms. The number of anilines is 2. The topological polar surface area (TPSA) is 95.7 Å². The molecule has 0 radical (unpaired) electrons. The molecule has 2 rings (SSSR count). The lowest BCUT2D eigenvalue weighted by Crippen LogP contribution is -2.30. The van der Waals surface area contributed by atoms with E-state index in [1.807, 2.05) is 4.90 Å². The molecule has 0 atom stereocenters. The Bertz CT molecular complexity index is 487. The molecule has 1 amide bonds. The van der Waals surface area contributed by atoms with Crippen LogP contribution in [0.4, 0.5) is 11.4 Å². The zero-order valence-electron chi connectivity index (χ0n) is 9.85. The Morgan fingerprint density at radius 2 is 2.28 bits per heavy atom. The van der Waals surface area contributed by atoms with Crippen molar-refractivity contribution in [2.45, 2.75) is 6.42 Å². The van der Waals surface area contributed by atoms with Crippen LogP contribution in [0.2, 0.25) is 0 Å². The van der Waals surface area contributed by atoms with Crippen LogP contribution in [0.3, 0.4) is 0 Å². The van der Waals surface area contributed by atoms with Crippen LogP contribution in [0.1, 0.15) is 16.8 Å². The summed E-state index contributed by atoms with van der Waals surface area (Å²) < 4.78 is 0. The van der Waals surface area contributed by atoms with Crippen molar-refractivity contribution in [1.29, 1.82) is 0 Å². The third-order valence-electron chi connectivity index (χ3n) is 2.87. The fourth-order valence-corrected chi connectivity index (χ4v) is 2.00. The molecule has 1 aromatic carbocycles. The summed E-state index contributed by atoms with van der Waals surface area (Å²) >= 11 is 0. The first-order valence-electron chi connectivity index (χ1n) is 5.74. The van der Waals surface area contributed by atoms with Gasteiger partial charge in [-0.2, -0.15) is 0 Å². The van der Waals surface area contributed by atoms with Gasteiger partial charge < -0.3 is 21.1 Å². The van der Waals surface area contributed by atoms with Crippen molar-refractivity contribution in [1.82, 2.24) is 0 Å². The van der Waals surface area contributed by atoms with E-state index >= 15 is 0 Å². The smallest absolute Gasteiger partial charge is 0.335 e. The molecular formula is C12H15N3O3. The van der Waals surface area contributed by atoms with E-state index in [2.05, 4.69) is 5.32 Å². The van der Waals surface area contributed by atoms with E-state index < -0.39 is 5.97 Å². The first-order valence-corrected chi connectivity index (χ1v) is 5.74. The SMILES string of the molecule is NCCN1CCC(=O)Nc2cc(C(=O)O)ccc21. The quantitative estimate of drug-likeness (QED) is 0.724. The molecular weight excluding hydrogens is 234 g/mol. The molecule has 0 saturated carbocycles. The van der Waals surface area contributed by atoms with Gasteiger partial charge in [0.15, 0.2) is 0 Å². The van der Waals surface area contributed by atoms with Gasteiger partial charge in [-0.1, -0.05) is 0 Å². The van der Waals surface area contributed by atoms with Crippen LogP contribution >= 0.6 is 0 Å². The summed E-state index contributed by atoms with van der Waals surface area (Å²) in [5.41, 5.74) is 7.04. The van der Waals surface area contributed by atoms with Gasteiger partial charge in [-0.25, -0.2) is 4.79 Å². The number of nitrogens with zero attached hydrogens (tertiary/aromatic N) is 1. The Kier molecular flexibility index (Phi) is 3.47. The fraction of sp³-hybridized carbons (Fsp3) is 0.333. The number of carbonyl (C=O) groups is 2. The third-order valence-corrected chi connectivity index (χ3v) is 2.87. The maximum Gasteiger partial charge on any atom is 0.335 e. The number of nitrogens with two attached hydrogens (primary N) is 1. The van der Waals surface area contributed by atoms with Gasteiger partial charge in [-0.05, 0) is 18.2 Å². The first-order chi connectivity index (χ1) is 8.61. The molecule has 18 heavy (non-hydrogen) atoms. The summed E-state index contributed by atoms with van der Waals surface area (Å²) in [5, 5.41) is 11.7. The van der Waals surface area contributed by atoms with E-state index in [9.17, 15) is 9.59 Å². The molecule has 0 unspecified atom stereocenters. The Balaban J connectivity index is 2.42. The highest BCUT2D eigenvalue weighted by Gasteiger charge is 2.19. The minimum atomic E-state index is -1.01. The molecule has 0 spiro atoms. The second-order valence-corrected chi connectivity index (χ2v) is 4.11. The minimum absolute atomic E-state index is 0.113. The van der Waals surface area contributed by atoms with Gasteiger partial charge >= 0.3 is 5.97 Å². The minimum Gasteiger partial charge on any atom is -0.478 e. The van der Waals surface area contributed by atoms with E-state index in [1.54, 1.807) is 6.07 Å². The largest absolute Gasteiger partial charge is 0.478 e. The molecule has 0 aromatic heterocycles. The van der Waals surface area contributed by atoms with Crippen molar-refractivity contribution < 1.29 is 14.7 Å². The number of aromatic carboxylic acids is 1. The van der Waals surface area contributed by atoms with Crippen LogP contribution in [0.5, 0.6) is 0 Å². The number of amides is 1. The van der Waals surface area contributed by atoms with Crippen LogP contribution < -0.4 is 16.0 Å². The second-order valence-electron chi connectivity index (χ2n) is 4.11. The van der Waals surface area contributed by atoms with Gasteiger partial charge in [0.05, 0.1) is 16.9 Å². The Labute approximate surface area is 104 Å². The number of carboxylic acid groups (broad SMARTS) is 1. The van der Waals surface area contributed by atoms with Crippen LogP contribution in [0.25, 0.3) is 0 Å². The zero-order chi connectivity index (χ0) is 13.1. The van der Waals surface area contributed by atoms with Crippen LogP contribution in [-0.2, 0) is 4.79 Å². The number of carboxylic acids is 1. The molecule has 1 heterocycles. The summed E-state index contributed by atoms with van der Waals surface area (Å²) in [6.07, 6.45) is 0.372. The van der Waals surface area contributed by atoms with E-state index in [0.717, 1.165) is 5.69 Å². The van der Waals surface area contributed by atoms with E-state index in [1.165, 1.54) is 12.1 Å². The predicted octanol–water partition coefficient (Wildman–Crippen LogP) is 0.492. The summed E-state index contributed by atoms with van der Waals surface area (Å²) in [4.78, 5) is 24.5. The highest BCUT2D eigenvalue weighted by atomic mass is 16.4. The van der Waals surface area contributed by atoms with Crippen molar-refractivity contribution in [3.05, 3.63) is 23.8 Å². The maximum atomic E-state index is 11.6.